The number of nitrogens with one attached hydrogen (secondary N) is 2. The van der Waals surface area contributed by atoms with Gasteiger partial charge < -0.3 is 5.73 Å². The molecular weight excluding hydrogens is 198 g/mol. The highest BCUT2D eigenvalue weighted by Gasteiger charge is 2.15. The summed E-state index contributed by atoms with van der Waals surface area (Å²) in [5.74, 6) is -1.69. The van der Waals surface area contributed by atoms with Crippen molar-refractivity contribution in [2.45, 2.75) is 0 Å². The number of Topliss-reactive ketones (excluding diaryl/α,β-unsaturated/α-hetero) is 1. The number of carbonyl (C=O) groups excluding carboxylic acids is 3. The Hall–Kier alpha value is -2.37. The van der Waals surface area contributed by atoms with Crippen LogP contribution in [0.25, 0.3) is 0 Å². The molecule has 6 nitrogen and oxygen atoms in total. The summed E-state index contributed by atoms with van der Waals surface area (Å²) >= 11 is 0. The van der Waals surface area contributed by atoms with E-state index in [4.69, 9.17) is 5.73 Å². The molecule has 0 spiro atoms. The largest absolute Gasteiger partial charge is 0.350 e. The van der Waals surface area contributed by atoms with Gasteiger partial charge in [0.25, 0.3) is 5.78 Å². The first kappa shape index (κ1) is 10.7. The van der Waals surface area contributed by atoms with Crippen molar-refractivity contribution in [3.05, 3.63) is 35.9 Å². The fraction of sp³-hybridized carbons (Fsp3) is 0. The Balaban J connectivity index is 2.62. The fourth-order valence-corrected chi connectivity index (χ4v) is 0.896. The monoisotopic (exact) mass is 207 g/mol. The van der Waals surface area contributed by atoms with Crippen LogP contribution in [0.3, 0.4) is 0 Å². The van der Waals surface area contributed by atoms with E-state index >= 15 is 0 Å². The molecule has 0 heterocycles. The molecule has 0 saturated carbocycles. The van der Waals surface area contributed by atoms with E-state index < -0.39 is 17.7 Å². The van der Waals surface area contributed by atoms with E-state index in [9.17, 15) is 14.4 Å². The SMILES string of the molecule is NC(=O)NNC(=O)C(=O)c1ccccc1. The Bertz CT molecular complexity index is 389. The lowest BCUT2D eigenvalue weighted by atomic mass is 10.1. The van der Waals surface area contributed by atoms with Gasteiger partial charge in [-0.05, 0) is 0 Å². The summed E-state index contributed by atoms with van der Waals surface area (Å²) in [4.78, 5) is 32.7. The number of hydrogen-bond donors (Lipinski definition) is 3. The smallest absolute Gasteiger partial charge is 0.330 e. The van der Waals surface area contributed by atoms with Crippen molar-refractivity contribution >= 4 is 17.7 Å². The third kappa shape index (κ3) is 3.11. The second kappa shape index (κ2) is 4.75. The van der Waals surface area contributed by atoms with Gasteiger partial charge in [-0.1, -0.05) is 30.3 Å². The zero-order chi connectivity index (χ0) is 11.3. The van der Waals surface area contributed by atoms with E-state index in [0.717, 1.165) is 0 Å². The van der Waals surface area contributed by atoms with Gasteiger partial charge in [0.2, 0.25) is 0 Å². The number of primary amides is 1. The zero-order valence-corrected chi connectivity index (χ0v) is 7.69. The normalized spacial score (nSPS) is 9.07. The van der Waals surface area contributed by atoms with Crippen LogP contribution in [0.15, 0.2) is 30.3 Å². The Morgan fingerprint density at radius 2 is 1.60 bits per heavy atom. The van der Waals surface area contributed by atoms with E-state index in [1.54, 1.807) is 18.2 Å². The molecule has 0 bridgehead atoms. The van der Waals surface area contributed by atoms with Gasteiger partial charge in [0.1, 0.15) is 0 Å². The predicted molar refractivity (Wildman–Crippen MR) is 51.6 cm³/mol. The predicted octanol–water partition coefficient (Wildman–Crippen LogP) is -0.431. The minimum atomic E-state index is -0.944. The molecule has 0 saturated heterocycles. The molecule has 0 aromatic heterocycles. The second-order valence-electron chi connectivity index (χ2n) is 2.64. The molecule has 6 heteroatoms. The van der Waals surface area contributed by atoms with Gasteiger partial charge in [-0.3, -0.25) is 15.0 Å². The Kier molecular flexibility index (Phi) is 3.39. The standard InChI is InChI=1S/C9H9N3O3/c10-9(15)12-11-8(14)7(13)6-4-2-1-3-5-6/h1-5H,(H,11,14)(H3,10,12,15). The van der Waals surface area contributed by atoms with Crippen molar-refractivity contribution in [3.63, 3.8) is 0 Å². The van der Waals surface area contributed by atoms with Crippen molar-refractivity contribution in [2.75, 3.05) is 0 Å². The van der Waals surface area contributed by atoms with Crippen LogP contribution in [-0.4, -0.2) is 17.7 Å². The lowest BCUT2D eigenvalue weighted by molar-refractivity contribution is -0.117. The van der Waals surface area contributed by atoms with Gasteiger partial charge in [0.05, 0.1) is 0 Å². The third-order valence-corrected chi connectivity index (χ3v) is 1.54. The minimum absolute atomic E-state index is 0.237. The van der Waals surface area contributed by atoms with Crippen LogP contribution in [0.2, 0.25) is 0 Å². The summed E-state index contributed by atoms with van der Waals surface area (Å²) in [7, 11) is 0. The third-order valence-electron chi connectivity index (χ3n) is 1.54. The van der Waals surface area contributed by atoms with Crippen LogP contribution < -0.4 is 16.6 Å². The van der Waals surface area contributed by atoms with E-state index in [0.29, 0.717) is 0 Å². The highest BCUT2D eigenvalue weighted by Crippen LogP contribution is 1.99. The maximum atomic E-state index is 11.4. The van der Waals surface area contributed by atoms with Gasteiger partial charge in [0.15, 0.2) is 0 Å². The lowest BCUT2D eigenvalue weighted by Gasteiger charge is -2.03. The molecule has 0 radical (unpaired) electrons. The molecule has 0 fully saturated rings. The number of nitrogens with two attached hydrogens (primary N) is 1. The molecule has 1 rings (SSSR count). The van der Waals surface area contributed by atoms with Gasteiger partial charge in [-0.2, -0.15) is 0 Å². The van der Waals surface area contributed by atoms with E-state index in [1.165, 1.54) is 12.1 Å². The first-order valence-corrected chi connectivity index (χ1v) is 4.06. The number of hydrazine groups is 1. The quantitative estimate of drug-likeness (QED) is 0.348. The molecular formula is C9H9N3O3. The lowest BCUT2D eigenvalue weighted by Crippen LogP contribution is -2.47. The second-order valence-corrected chi connectivity index (χ2v) is 2.64. The fourth-order valence-electron chi connectivity index (χ4n) is 0.896. The van der Waals surface area contributed by atoms with Crippen molar-refractivity contribution in [1.82, 2.24) is 10.9 Å². The zero-order valence-electron chi connectivity index (χ0n) is 7.69. The number of ketones is 1. The first-order chi connectivity index (χ1) is 7.11. The number of hydrogen-bond acceptors (Lipinski definition) is 3. The molecule has 4 N–H and O–H groups in total. The average molecular weight is 207 g/mol. The first-order valence-electron chi connectivity index (χ1n) is 4.06. The van der Waals surface area contributed by atoms with Crippen LogP contribution in [0.5, 0.6) is 0 Å². The van der Waals surface area contributed by atoms with Crippen LogP contribution in [0.4, 0.5) is 4.79 Å². The van der Waals surface area contributed by atoms with E-state index in [1.807, 2.05) is 10.9 Å². The van der Waals surface area contributed by atoms with Crippen LogP contribution in [0, 0.1) is 0 Å². The molecule has 1 aromatic rings. The van der Waals surface area contributed by atoms with Crippen molar-refractivity contribution in [3.8, 4) is 0 Å². The summed E-state index contributed by atoms with van der Waals surface area (Å²) in [6.45, 7) is 0. The van der Waals surface area contributed by atoms with Crippen molar-refractivity contribution in [2.24, 2.45) is 5.73 Å². The summed E-state index contributed by atoms with van der Waals surface area (Å²) in [5, 5.41) is 0. The molecule has 15 heavy (non-hydrogen) atoms. The maximum absolute atomic E-state index is 11.4. The number of urea groups is 1. The molecule has 0 aliphatic carbocycles. The van der Waals surface area contributed by atoms with Crippen molar-refractivity contribution in [1.29, 1.82) is 0 Å². The summed E-state index contributed by atoms with van der Waals surface area (Å²) in [6.07, 6.45) is 0. The van der Waals surface area contributed by atoms with Gasteiger partial charge in [-0.25, -0.2) is 10.2 Å². The summed E-state index contributed by atoms with van der Waals surface area (Å²) < 4.78 is 0. The molecule has 0 aliphatic rings. The van der Waals surface area contributed by atoms with Gasteiger partial charge >= 0.3 is 11.9 Å². The van der Waals surface area contributed by atoms with Crippen LogP contribution >= 0.6 is 0 Å². The Morgan fingerprint density at radius 1 is 1.00 bits per heavy atom. The number of carbonyl (C=O) groups is 3. The molecule has 0 unspecified atom stereocenters. The molecule has 78 valence electrons. The Labute approximate surface area is 85.4 Å². The number of benzene rings is 1. The average Bonchev–Trinajstić information content (AvgIpc) is 2.26. The van der Waals surface area contributed by atoms with Crippen LogP contribution in [-0.2, 0) is 4.79 Å². The maximum Gasteiger partial charge on any atom is 0.330 e. The summed E-state index contributed by atoms with van der Waals surface area (Å²) in [5.41, 5.74) is 8.62. The van der Waals surface area contributed by atoms with Crippen molar-refractivity contribution < 1.29 is 14.4 Å². The van der Waals surface area contributed by atoms with E-state index in [-0.39, 0.29) is 5.56 Å². The molecule has 0 atom stereocenters. The number of amides is 3. The minimum Gasteiger partial charge on any atom is -0.350 e. The molecule has 0 aliphatic heterocycles. The van der Waals surface area contributed by atoms with Gasteiger partial charge in [-0.15, -0.1) is 0 Å². The Morgan fingerprint density at radius 3 is 2.13 bits per heavy atom. The highest BCUT2D eigenvalue weighted by molar-refractivity contribution is 6.42. The highest BCUT2D eigenvalue weighted by atomic mass is 16.2. The molecule has 3 amide bonds. The van der Waals surface area contributed by atoms with E-state index in [2.05, 4.69) is 0 Å². The van der Waals surface area contributed by atoms with Crippen LogP contribution in [0.1, 0.15) is 10.4 Å². The topological polar surface area (TPSA) is 101 Å². The van der Waals surface area contributed by atoms with Gasteiger partial charge in [0, 0.05) is 5.56 Å². The summed E-state index contributed by atoms with van der Waals surface area (Å²) in [6, 6.07) is 7.02. The number of rotatable bonds is 2. The molecule has 1 aromatic carbocycles.